The van der Waals surface area contributed by atoms with Gasteiger partial charge in [0.1, 0.15) is 8.07 Å². The molecule has 0 bridgehead atoms. The minimum absolute atomic E-state index is 0.674. The summed E-state index contributed by atoms with van der Waals surface area (Å²) in [6.07, 6.45) is 6.23. The number of rotatable bonds is 8. The Morgan fingerprint density at radius 2 is 1.60 bits per heavy atom. The Balaban J connectivity index is 0. The number of likely N-dealkylation sites (N-methyl/N-ethyl adjacent to an activating group) is 1. The molecule has 0 saturated heterocycles. The van der Waals surface area contributed by atoms with Crippen molar-refractivity contribution in [3.63, 3.8) is 0 Å². The van der Waals surface area contributed by atoms with E-state index in [1.54, 1.807) is 12.2 Å². The number of hydrogen-bond donors (Lipinski definition) is 0. The fourth-order valence-electron chi connectivity index (χ4n) is 1.85. The fourth-order valence-corrected chi connectivity index (χ4v) is 2.41. The lowest BCUT2D eigenvalue weighted by Gasteiger charge is -2.10. The first-order chi connectivity index (χ1) is 11.4. The van der Waals surface area contributed by atoms with Gasteiger partial charge in [-0.2, -0.15) is 5.06 Å². The lowest BCUT2D eigenvalue weighted by molar-refractivity contribution is -0.0992. The van der Waals surface area contributed by atoms with Crippen LogP contribution in [0.2, 0.25) is 19.6 Å². The van der Waals surface area contributed by atoms with E-state index in [0.717, 1.165) is 25.0 Å². The van der Waals surface area contributed by atoms with Crippen LogP contribution in [0.5, 0.6) is 0 Å². The molecule has 0 fully saturated rings. The molecule has 3 heteroatoms. The molecule has 0 atom stereocenters. The molecule has 144 valence electrons. The van der Waals surface area contributed by atoms with Gasteiger partial charge in [0, 0.05) is 13.6 Å². The first kappa shape index (κ1) is 26.1. The van der Waals surface area contributed by atoms with Crippen LogP contribution in [0.3, 0.4) is 0 Å². The second-order valence-corrected chi connectivity index (χ2v) is 13.1. The highest BCUT2D eigenvalue weighted by molar-refractivity contribution is 6.83. The fraction of sp³-hybridized carbons (Fsp3) is 0.636. The monoisotopic (exact) mass is 363 g/mol. The highest BCUT2D eigenvalue weighted by Gasteiger charge is 2.07. The molecule has 0 unspecified atom stereocenters. The molecule has 0 aliphatic carbocycles. The van der Waals surface area contributed by atoms with Crippen LogP contribution in [-0.4, -0.2) is 33.8 Å². The van der Waals surface area contributed by atoms with Crippen molar-refractivity contribution < 1.29 is 4.84 Å². The lowest BCUT2D eigenvalue weighted by Crippen LogP contribution is -2.16. The zero-order valence-corrected chi connectivity index (χ0v) is 19.2. The van der Waals surface area contributed by atoms with E-state index in [9.17, 15) is 0 Å². The van der Waals surface area contributed by atoms with E-state index in [4.69, 9.17) is 4.84 Å². The largest absolute Gasteiger partial charge is 0.302 e. The summed E-state index contributed by atoms with van der Waals surface area (Å²) in [5.41, 5.74) is 5.59. The van der Waals surface area contributed by atoms with Crippen LogP contribution < -0.4 is 0 Å². The van der Waals surface area contributed by atoms with Crippen LogP contribution in [0.25, 0.3) is 0 Å². The van der Waals surface area contributed by atoms with Gasteiger partial charge in [0.25, 0.3) is 0 Å². The van der Waals surface area contributed by atoms with Crippen molar-refractivity contribution in [3.8, 4) is 11.5 Å². The second kappa shape index (κ2) is 14.1. The topological polar surface area (TPSA) is 12.5 Å². The molecule has 0 amide bonds. The zero-order valence-electron chi connectivity index (χ0n) is 18.2. The molecule has 25 heavy (non-hydrogen) atoms. The lowest BCUT2D eigenvalue weighted by atomic mass is 10.0. The minimum atomic E-state index is -1.19. The average Bonchev–Trinajstić information content (AvgIpc) is 2.43. The Kier molecular flexibility index (Phi) is 14.8. The van der Waals surface area contributed by atoms with Crippen molar-refractivity contribution in [2.45, 2.75) is 60.2 Å². The van der Waals surface area contributed by atoms with Gasteiger partial charge in [-0.15, -0.1) is 5.54 Å². The summed E-state index contributed by atoms with van der Waals surface area (Å²) in [5, 5.41) is 1.76. The quantitative estimate of drug-likeness (QED) is 0.223. The van der Waals surface area contributed by atoms with E-state index in [1.807, 2.05) is 7.05 Å². The van der Waals surface area contributed by atoms with Gasteiger partial charge in [0.15, 0.2) is 0 Å². The summed E-state index contributed by atoms with van der Waals surface area (Å²) >= 11 is 0. The van der Waals surface area contributed by atoms with Gasteiger partial charge in [-0.1, -0.05) is 84.1 Å². The molecule has 2 nitrogen and oxygen atoms in total. The van der Waals surface area contributed by atoms with Gasteiger partial charge < -0.3 is 4.84 Å². The Labute approximate surface area is 159 Å². The summed E-state index contributed by atoms with van der Waals surface area (Å²) in [6, 6.07) is 0. The van der Waals surface area contributed by atoms with E-state index in [2.05, 4.69) is 84.1 Å². The van der Waals surface area contributed by atoms with Crippen LogP contribution in [-0.2, 0) is 4.84 Å². The molecule has 0 aromatic carbocycles. The van der Waals surface area contributed by atoms with Gasteiger partial charge in [0.05, 0.1) is 7.11 Å². The third kappa shape index (κ3) is 22.9. The van der Waals surface area contributed by atoms with E-state index in [0.29, 0.717) is 11.8 Å². The maximum Gasteiger partial charge on any atom is 0.129 e. The van der Waals surface area contributed by atoms with Crippen molar-refractivity contribution in [2.75, 3.05) is 20.7 Å². The summed E-state index contributed by atoms with van der Waals surface area (Å²) in [4.78, 5) is 4.97. The Morgan fingerprint density at radius 3 is 2.00 bits per heavy atom. The summed E-state index contributed by atoms with van der Waals surface area (Å²) in [5.74, 6) is 4.52. The van der Waals surface area contributed by atoms with Gasteiger partial charge in [-0.25, -0.2) is 0 Å². The molecule has 0 rings (SSSR count). The molecular weight excluding hydrogens is 322 g/mol. The molecule has 0 aliphatic heterocycles. The Bertz CT molecular complexity index is 472. The third-order valence-electron chi connectivity index (χ3n) is 2.97. The van der Waals surface area contributed by atoms with E-state index >= 15 is 0 Å². The maximum atomic E-state index is 4.97. The smallest absolute Gasteiger partial charge is 0.129 e. The summed E-state index contributed by atoms with van der Waals surface area (Å²) < 4.78 is 0. The zero-order chi connectivity index (χ0) is 20.0. The number of hydrogen-bond acceptors (Lipinski definition) is 2. The molecule has 0 spiro atoms. The van der Waals surface area contributed by atoms with Gasteiger partial charge >= 0.3 is 0 Å². The standard InChI is InChI=1S/C11H21NO.C11H20Si/c1-10(2)9-11(3)7-6-8-12(4)13-5;1-10(2)9-11(3)7-8-12(4,5)6/h6-7,10H,3,8-9H2,1-2,4-5H3;10H,3,9H2,1-2,4-6H3/b7-6+;. The van der Waals surface area contributed by atoms with Crippen molar-refractivity contribution in [1.29, 1.82) is 0 Å². The van der Waals surface area contributed by atoms with Crippen molar-refractivity contribution in [3.05, 3.63) is 36.5 Å². The number of allylic oxidation sites excluding steroid dienone is 3. The first-order valence-corrected chi connectivity index (χ1v) is 12.7. The predicted octanol–water partition coefficient (Wildman–Crippen LogP) is 6.11. The van der Waals surface area contributed by atoms with Crippen molar-refractivity contribution in [2.24, 2.45) is 11.8 Å². The molecule has 0 aromatic rings. The Morgan fingerprint density at radius 1 is 1.08 bits per heavy atom. The number of nitrogens with zero attached hydrogens (tertiary/aromatic N) is 1. The highest BCUT2D eigenvalue weighted by Crippen LogP contribution is 2.09. The van der Waals surface area contributed by atoms with Crippen LogP contribution in [0.1, 0.15) is 40.5 Å². The van der Waals surface area contributed by atoms with Crippen LogP contribution >= 0.6 is 0 Å². The normalized spacial score (nSPS) is 11.4. The molecule has 0 saturated carbocycles. The van der Waals surface area contributed by atoms with Crippen LogP contribution in [0.15, 0.2) is 36.5 Å². The second-order valence-electron chi connectivity index (χ2n) is 8.35. The molecule has 0 aromatic heterocycles. The summed E-state index contributed by atoms with van der Waals surface area (Å²) in [7, 11) is 2.37. The maximum absolute atomic E-state index is 4.97. The van der Waals surface area contributed by atoms with Crippen molar-refractivity contribution in [1.82, 2.24) is 5.06 Å². The first-order valence-electron chi connectivity index (χ1n) is 9.17. The van der Waals surface area contributed by atoms with Gasteiger partial charge in [0.2, 0.25) is 0 Å². The molecule has 0 heterocycles. The number of hydroxylamine groups is 2. The Hall–Kier alpha value is -1.08. The highest BCUT2D eigenvalue weighted by atomic mass is 28.3. The third-order valence-corrected chi connectivity index (χ3v) is 3.84. The molecular formula is C22H41NOSi. The van der Waals surface area contributed by atoms with E-state index < -0.39 is 8.07 Å². The van der Waals surface area contributed by atoms with Gasteiger partial charge in [-0.05, 0) is 30.3 Å². The minimum Gasteiger partial charge on any atom is -0.302 e. The SMILES string of the molecule is C=C(/C=C/CN(C)OC)CC(C)C.C=C(C#C[Si](C)(C)C)CC(C)C. The van der Waals surface area contributed by atoms with Crippen LogP contribution in [0, 0.1) is 23.3 Å². The average molecular weight is 364 g/mol. The predicted molar refractivity (Wildman–Crippen MR) is 117 cm³/mol. The molecule has 0 radical (unpaired) electrons. The van der Waals surface area contributed by atoms with E-state index in [-0.39, 0.29) is 0 Å². The van der Waals surface area contributed by atoms with Crippen LogP contribution in [0.4, 0.5) is 0 Å². The van der Waals surface area contributed by atoms with E-state index in [1.165, 1.54) is 5.57 Å². The van der Waals surface area contributed by atoms with Gasteiger partial charge in [-0.3, -0.25) is 0 Å². The molecule has 0 aliphatic rings. The summed E-state index contributed by atoms with van der Waals surface area (Å²) in [6.45, 7) is 24.3. The van der Waals surface area contributed by atoms with Crippen molar-refractivity contribution >= 4 is 8.07 Å². The molecule has 0 N–H and O–H groups in total.